The number of benzene rings is 1. The third kappa shape index (κ3) is 3.69. The molecule has 110 valence electrons. The Morgan fingerprint density at radius 1 is 1.40 bits per heavy atom. The highest BCUT2D eigenvalue weighted by Crippen LogP contribution is 2.25. The molecule has 0 bridgehead atoms. The number of carboxylic acids is 1. The van der Waals surface area contributed by atoms with E-state index in [-0.39, 0.29) is 11.6 Å². The monoisotopic (exact) mass is 280 g/mol. The number of anilines is 1. The van der Waals surface area contributed by atoms with Crippen molar-refractivity contribution >= 4 is 17.3 Å². The van der Waals surface area contributed by atoms with Gasteiger partial charge in [-0.25, -0.2) is 4.79 Å². The van der Waals surface area contributed by atoms with Crippen LogP contribution < -0.4 is 5.32 Å². The second-order valence-electron chi connectivity index (χ2n) is 4.80. The maximum Gasteiger partial charge on any atom is 0.342 e. The van der Waals surface area contributed by atoms with Crippen LogP contribution in [0.4, 0.5) is 11.4 Å². The Labute approximate surface area is 118 Å². The Morgan fingerprint density at radius 3 is 2.45 bits per heavy atom. The van der Waals surface area contributed by atoms with Crippen molar-refractivity contribution in [2.45, 2.75) is 39.7 Å². The van der Waals surface area contributed by atoms with Crippen LogP contribution in [0.5, 0.6) is 0 Å². The quantitative estimate of drug-likeness (QED) is 0.588. The maximum absolute atomic E-state index is 11.1. The Bertz CT molecular complexity index is 498. The summed E-state index contributed by atoms with van der Waals surface area (Å²) < 4.78 is 0. The molecule has 0 heterocycles. The van der Waals surface area contributed by atoms with E-state index < -0.39 is 16.6 Å². The molecular formula is C14H20N2O4. The van der Waals surface area contributed by atoms with Gasteiger partial charge in [0.05, 0.1) is 4.92 Å². The minimum atomic E-state index is -1.30. The molecule has 1 unspecified atom stereocenters. The summed E-state index contributed by atoms with van der Waals surface area (Å²) in [6.07, 6.45) is 2.03. The molecule has 1 atom stereocenters. The lowest BCUT2D eigenvalue weighted by molar-refractivity contribution is -0.385. The van der Waals surface area contributed by atoms with Gasteiger partial charge in [-0.2, -0.15) is 0 Å². The number of nitro benzene ring substituents is 1. The summed E-state index contributed by atoms with van der Waals surface area (Å²) in [5.74, 6) is -0.825. The fraction of sp³-hybridized carbons (Fsp3) is 0.500. The molecule has 0 saturated heterocycles. The van der Waals surface area contributed by atoms with Crippen molar-refractivity contribution in [3.8, 4) is 0 Å². The van der Waals surface area contributed by atoms with Crippen LogP contribution in [0.3, 0.4) is 0 Å². The van der Waals surface area contributed by atoms with Crippen LogP contribution >= 0.6 is 0 Å². The molecule has 0 amide bonds. The smallest absolute Gasteiger partial charge is 0.342 e. The average molecular weight is 280 g/mol. The number of nitrogens with zero attached hydrogens (tertiary/aromatic N) is 1. The van der Waals surface area contributed by atoms with E-state index in [0.717, 1.165) is 12.8 Å². The molecule has 0 saturated carbocycles. The number of hydrogen-bond acceptors (Lipinski definition) is 4. The Morgan fingerprint density at radius 2 is 2.00 bits per heavy atom. The minimum absolute atomic E-state index is 0.174. The van der Waals surface area contributed by atoms with E-state index >= 15 is 0 Å². The van der Waals surface area contributed by atoms with Gasteiger partial charge in [0.15, 0.2) is 0 Å². The molecular weight excluding hydrogens is 260 g/mol. The second kappa shape index (κ2) is 6.88. The van der Waals surface area contributed by atoms with E-state index in [2.05, 4.69) is 19.2 Å². The number of carboxylic acid groups (broad SMARTS) is 1. The molecule has 0 aromatic heterocycles. The van der Waals surface area contributed by atoms with Crippen LogP contribution in [0.15, 0.2) is 18.2 Å². The van der Waals surface area contributed by atoms with E-state index in [0.29, 0.717) is 11.6 Å². The molecule has 20 heavy (non-hydrogen) atoms. The topological polar surface area (TPSA) is 92.5 Å². The van der Waals surface area contributed by atoms with Gasteiger partial charge in [-0.15, -0.1) is 0 Å². The maximum atomic E-state index is 11.1. The van der Waals surface area contributed by atoms with Crippen LogP contribution in [0.1, 0.15) is 44.0 Å². The zero-order chi connectivity index (χ0) is 15.3. The fourth-order valence-corrected chi connectivity index (χ4v) is 2.33. The lowest BCUT2D eigenvalue weighted by Crippen LogP contribution is -2.25. The molecule has 6 heteroatoms. The lowest BCUT2D eigenvalue weighted by atomic mass is 9.95. The van der Waals surface area contributed by atoms with E-state index in [1.54, 1.807) is 6.07 Å². The molecule has 0 aliphatic rings. The number of rotatable bonds is 7. The van der Waals surface area contributed by atoms with E-state index in [9.17, 15) is 14.9 Å². The molecule has 0 fully saturated rings. The lowest BCUT2D eigenvalue weighted by Gasteiger charge is -2.23. The van der Waals surface area contributed by atoms with Gasteiger partial charge in [-0.3, -0.25) is 10.1 Å². The van der Waals surface area contributed by atoms with E-state index in [1.165, 1.54) is 12.1 Å². The zero-order valence-electron chi connectivity index (χ0n) is 11.9. The van der Waals surface area contributed by atoms with Crippen molar-refractivity contribution in [1.82, 2.24) is 0 Å². The first-order valence-corrected chi connectivity index (χ1v) is 6.68. The van der Waals surface area contributed by atoms with Gasteiger partial charge < -0.3 is 10.4 Å². The molecule has 1 aromatic carbocycles. The Hall–Kier alpha value is -2.11. The third-order valence-corrected chi connectivity index (χ3v) is 3.57. The molecule has 0 spiro atoms. The number of nitrogens with one attached hydrogen (secondary N) is 1. The van der Waals surface area contributed by atoms with Crippen molar-refractivity contribution in [3.05, 3.63) is 33.9 Å². The number of carbonyl (C=O) groups is 1. The van der Waals surface area contributed by atoms with Gasteiger partial charge in [-0.05, 0) is 25.0 Å². The first-order chi connectivity index (χ1) is 9.40. The molecule has 0 radical (unpaired) electrons. The van der Waals surface area contributed by atoms with Gasteiger partial charge in [0.2, 0.25) is 0 Å². The fourth-order valence-electron chi connectivity index (χ4n) is 2.33. The highest BCUT2D eigenvalue weighted by atomic mass is 16.6. The van der Waals surface area contributed by atoms with Gasteiger partial charge >= 0.3 is 5.97 Å². The van der Waals surface area contributed by atoms with Gasteiger partial charge in [0.25, 0.3) is 5.69 Å². The minimum Gasteiger partial charge on any atom is -0.477 e. The van der Waals surface area contributed by atoms with Crippen molar-refractivity contribution in [3.63, 3.8) is 0 Å². The molecule has 2 N–H and O–H groups in total. The van der Waals surface area contributed by atoms with Crippen LogP contribution in [0, 0.1) is 16.0 Å². The molecule has 1 aromatic rings. The SMILES string of the molecule is CCC(CC)C(C)Nc1ccc([N+](=O)[O-])c(C(=O)O)c1. The third-order valence-electron chi connectivity index (χ3n) is 3.57. The summed E-state index contributed by atoms with van der Waals surface area (Å²) in [6.45, 7) is 6.23. The summed E-state index contributed by atoms with van der Waals surface area (Å²) in [5.41, 5.74) is -0.0950. The first kappa shape index (κ1) is 15.9. The highest BCUT2D eigenvalue weighted by molar-refractivity contribution is 5.93. The van der Waals surface area contributed by atoms with Crippen LogP contribution in [-0.2, 0) is 0 Å². The summed E-state index contributed by atoms with van der Waals surface area (Å²) in [5, 5.41) is 23.0. The van der Waals surface area contributed by atoms with Gasteiger partial charge in [0.1, 0.15) is 5.56 Å². The standard InChI is InChI=1S/C14H20N2O4/c1-4-10(5-2)9(3)15-11-6-7-13(16(19)20)12(8-11)14(17)18/h6-10,15H,4-5H2,1-3H3,(H,17,18). The molecule has 1 rings (SSSR count). The molecule has 6 nitrogen and oxygen atoms in total. The molecule has 0 aliphatic carbocycles. The Balaban J connectivity index is 3.01. The largest absolute Gasteiger partial charge is 0.477 e. The predicted molar refractivity (Wildman–Crippen MR) is 77.2 cm³/mol. The van der Waals surface area contributed by atoms with Crippen molar-refractivity contribution in [1.29, 1.82) is 0 Å². The van der Waals surface area contributed by atoms with Crippen LogP contribution in [-0.4, -0.2) is 22.0 Å². The van der Waals surface area contributed by atoms with Gasteiger partial charge in [0, 0.05) is 17.8 Å². The summed E-state index contributed by atoms with van der Waals surface area (Å²) in [7, 11) is 0. The Kier molecular flexibility index (Phi) is 5.49. The van der Waals surface area contributed by atoms with Gasteiger partial charge in [-0.1, -0.05) is 26.7 Å². The summed E-state index contributed by atoms with van der Waals surface area (Å²) in [6, 6.07) is 4.27. The number of aromatic carboxylic acids is 1. The first-order valence-electron chi connectivity index (χ1n) is 6.68. The van der Waals surface area contributed by atoms with Crippen LogP contribution in [0.2, 0.25) is 0 Å². The van der Waals surface area contributed by atoms with E-state index in [4.69, 9.17) is 5.11 Å². The molecule has 0 aliphatic heterocycles. The summed E-state index contributed by atoms with van der Waals surface area (Å²) in [4.78, 5) is 21.2. The van der Waals surface area contributed by atoms with Crippen molar-refractivity contribution in [2.24, 2.45) is 5.92 Å². The second-order valence-corrected chi connectivity index (χ2v) is 4.80. The zero-order valence-corrected chi connectivity index (χ0v) is 11.9. The number of nitro groups is 1. The summed E-state index contributed by atoms with van der Waals surface area (Å²) >= 11 is 0. The van der Waals surface area contributed by atoms with E-state index in [1.807, 2.05) is 6.92 Å². The number of hydrogen-bond donors (Lipinski definition) is 2. The van der Waals surface area contributed by atoms with Crippen LogP contribution in [0.25, 0.3) is 0 Å². The predicted octanol–water partition coefficient (Wildman–Crippen LogP) is 3.53. The highest BCUT2D eigenvalue weighted by Gasteiger charge is 2.21. The normalized spacial score (nSPS) is 12.2. The van der Waals surface area contributed by atoms with Crippen molar-refractivity contribution in [2.75, 3.05) is 5.32 Å². The average Bonchev–Trinajstić information content (AvgIpc) is 2.39. The van der Waals surface area contributed by atoms with Crippen molar-refractivity contribution < 1.29 is 14.8 Å².